The third-order valence-corrected chi connectivity index (χ3v) is 4.32. The van der Waals surface area contributed by atoms with Crippen LogP contribution in [0.4, 0.5) is 5.69 Å². The van der Waals surface area contributed by atoms with Crippen molar-refractivity contribution in [2.75, 3.05) is 11.9 Å². The topological polar surface area (TPSA) is 40.5 Å². The molecule has 1 amide bonds. The molecular formula is C17H11BrClNO2. The maximum Gasteiger partial charge on any atom is 0.276 e. The Bertz CT molecular complexity index is 823. The number of rotatable bonds is 0. The molecule has 2 aromatic rings. The predicted molar refractivity (Wildman–Crippen MR) is 89.8 cm³/mol. The predicted octanol–water partition coefficient (Wildman–Crippen LogP) is 3.32. The Balaban J connectivity index is 2.09. The summed E-state index contributed by atoms with van der Waals surface area (Å²) in [5.41, 5.74) is -0.135. The van der Waals surface area contributed by atoms with Gasteiger partial charge in [0.15, 0.2) is 0 Å². The van der Waals surface area contributed by atoms with Gasteiger partial charge in [0.1, 0.15) is 0 Å². The maximum absolute atomic E-state index is 12.4. The van der Waals surface area contributed by atoms with Crippen molar-refractivity contribution in [3.05, 3.63) is 63.1 Å². The van der Waals surface area contributed by atoms with Gasteiger partial charge < -0.3 is 10.0 Å². The van der Waals surface area contributed by atoms with Gasteiger partial charge in [0.2, 0.25) is 5.60 Å². The number of carbonyl (C=O) groups excluding carboxylic acids is 1. The van der Waals surface area contributed by atoms with E-state index in [1.807, 2.05) is 24.3 Å². The number of anilines is 1. The first-order valence-corrected chi connectivity index (χ1v) is 7.68. The van der Waals surface area contributed by atoms with Crippen molar-refractivity contribution in [2.24, 2.45) is 0 Å². The van der Waals surface area contributed by atoms with E-state index in [0.29, 0.717) is 21.8 Å². The minimum Gasteiger partial charge on any atom is -0.366 e. The van der Waals surface area contributed by atoms with E-state index in [2.05, 4.69) is 27.8 Å². The van der Waals surface area contributed by atoms with Gasteiger partial charge in [-0.1, -0.05) is 33.5 Å². The van der Waals surface area contributed by atoms with Crippen LogP contribution < -0.4 is 4.90 Å². The van der Waals surface area contributed by atoms with Crippen LogP contribution in [0.3, 0.4) is 0 Å². The lowest BCUT2D eigenvalue weighted by molar-refractivity contribution is -0.130. The molecular weight excluding hydrogens is 366 g/mol. The Morgan fingerprint density at radius 2 is 1.91 bits per heavy atom. The summed E-state index contributed by atoms with van der Waals surface area (Å²) in [5, 5.41) is 11.2. The first-order chi connectivity index (χ1) is 10.4. The average molecular weight is 377 g/mol. The second kappa shape index (κ2) is 5.44. The summed E-state index contributed by atoms with van der Waals surface area (Å²) in [5.74, 6) is 5.07. The Morgan fingerprint density at radius 3 is 2.59 bits per heavy atom. The van der Waals surface area contributed by atoms with E-state index in [9.17, 15) is 9.90 Å². The lowest BCUT2D eigenvalue weighted by Gasteiger charge is -2.14. The molecule has 0 fully saturated rings. The van der Waals surface area contributed by atoms with E-state index >= 15 is 0 Å². The van der Waals surface area contributed by atoms with E-state index in [-0.39, 0.29) is 0 Å². The van der Waals surface area contributed by atoms with Crippen molar-refractivity contribution in [1.29, 1.82) is 0 Å². The number of likely N-dealkylation sites (N-methyl/N-ethyl adjacent to an activating group) is 1. The van der Waals surface area contributed by atoms with Crippen molar-refractivity contribution >= 4 is 39.1 Å². The van der Waals surface area contributed by atoms with Crippen LogP contribution in [0.15, 0.2) is 46.9 Å². The highest BCUT2D eigenvalue weighted by Gasteiger charge is 2.47. The number of halogens is 2. The van der Waals surface area contributed by atoms with E-state index in [1.165, 1.54) is 4.90 Å². The fraction of sp³-hybridized carbons (Fsp3) is 0.118. The van der Waals surface area contributed by atoms with Gasteiger partial charge in [-0.05, 0) is 48.4 Å². The van der Waals surface area contributed by atoms with Crippen LogP contribution in [0.1, 0.15) is 11.1 Å². The van der Waals surface area contributed by atoms with Crippen LogP contribution in [0, 0.1) is 11.8 Å². The number of aliphatic hydroxyl groups is 1. The van der Waals surface area contributed by atoms with Gasteiger partial charge in [0, 0.05) is 27.7 Å². The molecule has 2 aromatic carbocycles. The zero-order valence-corrected chi connectivity index (χ0v) is 13.9. The third kappa shape index (κ3) is 2.42. The maximum atomic E-state index is 12.4. The minimum absolute atomic E-state index is 0.414. The number of fused-ring (bicyclic) bond motifs is 1. The summed E-state index contributed by atoms with van der Waals surface area (Å²) in [6, 6.07) is 12.3. The van der Waals surface area contributed by atoms with Gasteiger partial charge in [0.25, 0.3) is 5.91 Å². The van der Waals surface area contributed by atoms with Crippen molar-refractivity contribution in [1.82, 2.24) is 0 Å². The SMILES string of the molecule is CN1C(=O)C(O)(C#Cc2ccc(Br)cc2)c2cc(Cl)ccc21. The lowest BCUT2D eigenvalue weighted by atomic mass is 9.95. The number of amides is 1. The molecule has 0 spiro atoms. The first kappa shape index (κ1) is 15.1. The van der Waals surface area contributed by atoms with E-state index in [1.54, 1.807) is 25.2 Å². The van der Waals surface area contributed by atoms with E-state index in [0.717, 1.165) is 4.47 Å². The van der Waals surface area contributed by atoms with Gasteiger partial charge >= 0.3 is 0 Å². The molecule has 1 N–H and O–H groups in total. The zero-order chi connectivity index (χ0) is 15.9. The van der Waals surface area contributed by atoms with Gasteiger partial charge in [-0.2, -0.15) is 0 Å². The third-order valence-electron chi connectivity index (χ3n) is 3.56. The largest absolute Gasteiger partial charge is 0.366 e. The van der Waals surface area contributed by atoms with Crippen molar-refractivity contribution < 1.29 is 9.90 Å². The Hall–Kier alpha value is -1.80. The van der Waals surface area contributed by atoms with E-state index < -0.39 is 11.5 Å². The summed E-state index contributed by atoms with van der Waals surface area (Å²) < 4.78 is 0.936. The number of hydrogen-bond acceptors (Lipinski definition) is 2. The van der Waals surface area contributed by atoms with Crippen LogP contribution in [-0.2, 0) is 10.4 Å². The summed E-state index contributed by atoms with van der Waals surface area (Å²) in [6.07, 6.45) is 0. The standard InChI is InChI=1S/C17H11BrClNO2/c1-20-15-7-6-13(19)10-14(15)17(22,16(20)21)9-8-11-2-4-12(18)5-3-11/h2-7,10,22H,1H3. The second-order valence-electron chi connectivity index (χ2n) is 4.99. The van der Waals surface area contributed by atoms with Gasteiger partial charge in [-0.15, -0.1) is 0 Å². The van der Waals surface area contributed by atoms with E-state index in [4.69, 9.17) is 11.6 Å². The van der Waals surface area contributed by atoms with Crippen molar-refractivity contribution in [2.45, 2.75) is 5.60 Å². The van der Waals surface area contributed by atoms with Crippen LogP contribution >= 0.6 is 27.5 Å². The molecule has 0 radical (unpaired) electrons. The monoisotopic (exact) mass is 375 g/mol. The van der Waals surface area contributed by atoms with Crippen LogP contribution in [0.2, 0.25) is 5.02 Å². The lowest BCUT2D eigenvalue weighted by Crippen LogP contribution is -2.37. The quantitative estimate of drug-likeness (QED) is 0.717. The Labute approximate surface area is 141 Å². The molecule has 3 nitrogen and oxygen atoms in total. The molecule has 1 heterocycles. The molecule has 1 atom stereocenters. The molecule has 22 heavy (non-hydrogen) atoms. The molecule has 0 saturated carbocycles. The Kier molecular flexibility index (Phi) is 3.73. The molecule has 0 bridgehead atoms. The molecule has 3 rings (SSSR count). The number of nitrogens with zero attached hydrogens (tertiary/aromatic N) is 1. The molecule has 0 aromatic heterocycles. The van der Waals surface area contributed by atoms with Crippen LogP contribution in [0.5, 0.6) is 0 Å². The second-order valence-corrected chi connectivity index (χ2v) is 6.35. The normalized spacial score (nSPS) is 19.6. The van der Waals surface area contributed by atoms with Gasteiger partial charge in [-0.25, -0.2) is 0 Å². The number of hydrogen-bond donors (Lipinski definition) is 1. The smallest absolute Gasteiger partial charge is 0.276 e. The van der Waals surface area contributed by atoms with Gasteiger partial charge in [0.05, 0.1) is 5.69 Å². The highest BCUT2D eigenvalue weighted by atomic mass is 79.9. The van der Waals surface area contributed by atoms with Crippen LogP contribution in [0.25, 0.3) is 0 Å². The first-order valence-electron chi connectivity index (χ1n) is 6.51. The molecule has 110 valence electrons. The van der Waals surface area contributed by atoms with Crippen LogP contribution in [-0.4, -0.2) is 18.1 Å². The molecule has 1 unspecified atom stereocenters. The minimum atomic E-state index is -1.87. The van der Waals surface area contributed by atoms with Crippen molar-refractivity contribution in [3.8, 4) is 11.8 Å². The molecule has 1 aliphatic rings. The summed E-state index contributed by atoms with van der Waals surface area (Å²) in [7, 11) is 1.61. The summed E-state index contributed by atoms with van der Waals surface area (Å²) >= 11 is 9.33. The summed E-state index contributed by atoms with van der Waals surface area (Å²) in [6.45, 7) is 0. The molecule has 1 aliphatic heterocycles. The highest BCUT2D eigenvalue weighted by Crippen LogP contribution is 2.40. The fourth-order valence-corrected chi connectivity index (χ4v) is 2.81. The fourth-order valence-electron chi connectivity index (χ4n) is 2.37. The highest BCUT2D eigenvalue weighted by molar-refractivity contribution is 9.10. The summed E-state index contributed by atoms with van der Waals surface area (Å²) in [4.78, 5) is 13.8. The van der Waals surface area contributed by atoms with Gasteiger partial charge in [-0.3, -0.25) is 4.79 Å². The molecule has 0 aliphatic carbocycles. The number of benzene rings is 2. The Morgan fingerprint density at radius 1 is 1.23 bits per heavy atom. The van der Waals surface area contributed by atoms with Crippen molar-refractivity contribution in [3.63, 3.8) is 0 Å². The molecule has 0 saturated heterocycles. The average Bonchev–Trinajstić information content (AvgIpc) is 2.69. The zero-order valence-electron chi connectivity index (χ0n) is 11.6. The number of carbonyl (C=O) groups is 1. The molecule has 5 heteroatoms.